The number of carbonyl (C=O) groups is 1. The maximum Gasteiger partial charge on any atom is 0.227 e. The summed E-state index contributed by atoms with van der Waals surface area (Å²) in [6.45, 7) is 0.236. The highest BCUT2D eigenvalue weighted by Gasteiger charge is 2.35. The van der Waals surface area contributed by atoms with E-state index in [1.165, 1.54) is 0 Å². The minimum Gasteiger partial charge on any atom is -0.459 e. The molecular formula is C23H22ClNO4S. The summed E-state index contributed by atoms with van der Waals surface area (Å²) >= 11 is 5.95. The van der Waals surface area contributed by atoms with E-state index >= 15 is 0 Å². The summed E-state index contributed by atoms with van der Waals surface area (Å²) in [5.74, 6) is 1.30. The quantitative estimate of drug-likeness (QED) is 0.567. The van der Waals surface area contributed by atoms with Crippen LogP contribution < -0.4 is 0 Å². The molecule has 0 saturated carbocycles. The van der Waals surface area contributed by atoms with Crippen LogP contribution in [0.15, 0.2) is 71.1 Å². The molecule has 1 aliphatic rings. The van der Waals surface area contributed by atoms with E-state index in [2.05, 4.69) is 0 Å². The van der Waals surface area contributed by atoms with E-state index in [9.17, 15) is 13.2 Å². The highest BCUT2D eigenvalue weighted by Crippen LogP contribution is 2.26. The van der Waals surface area contributed by atoms with Crippen LogP contribution in [0.2, 0.25) is 5.02 Å². The van der Waals surface area contributed by atoms with Crippen molar-refractivity contribution < 1.29 is 17.6 Å². The van der Waals surface area contributed by atoms with Crippen LogP contribution in [-0.2, 0) is 27.6 Å². The Morgan fingerprint density at radius 3 is 2.43 bits per heavy atom. The Hall–Kier alpha value is -2.57. The molecule has 4 rings (SSSR count). The molecule has 1 aromatic heterocycles. The normalized spacial score (nSPS) is 17.7. The molecule has 7 heteroatoms. The number of nitrogens with zero attached hydrogens (tertiary/aromatic N) is 1. The van der Waals surface area contributed by atoms with Crippen LogP contribution in [0.5, 0.6) is 0 Å². The number of furan rings is 1. The molecule has 5 nitrogen and oxygen atoms in total. The minimum absolute atomic E-state index is 0.00171. The number of amides is 1. The van der Waals surface area contributed by atoms with E-state index in [0.29, 0.717) is 23.0 Å². The van der Waals surface area contributed by atoms with Crippen molar-refractivity contribution in [3.05, 3.63) is 83.1 Å². The van der Waals surface area contributed by atoms with Crippen LogP contribution in [-0.4, -0.2) is 36.8 Å². The third kappa shape index (κ3) is 4.94. The molecular weight excluding hydrogens is 422 g/mol. The van der Waals surface area contributed by atoms with Gasteiger partial charge >= 0.3 is 0 Å². The Bertz CT molecular complexity index is 1120. The zero-order valence-corrected chi connectivity index (χ0v) is 17.9. The van der Waals surface area contributed by atoms with E-state index in [0.717, 1.165) is 11.1 Å². The number of hydrogen-bond donors (Lipinski definition) is 0. The van der Waals surface area contributed by atoms with Crippen molar-refractivity contribution in [2.75, 3.05) is 11.5 Å². The molecule has 2 aromatic carbocycles. The monoisotopic (exact) mass is 443 g/mol. The van der Waals surface area contributed by atoms with Crippen molar-refractivity contribution in [2.24, 2.45) is 0 Å². The number of halogens is 1. The molecule has 1 saturated heterocycles. The largest absolute Gasteiger partial charge is 0.459 e. The lowest BCUT2D eigenvalue weighted by Crippen LogP contribution is -2.41. The molecule has 2 heterocycles. The molecule has 0 radical (unpaired) electrons. The summed E-state index contributed by atoms with van der Waals surface area (Å²) < 4.78 is 30.0. The summed E-state index contributed by atoms with van der Waals surface area (Å²) in [4.78, 5) is 14.8. The van der Waals surface area contributed by atoms with Crippen molar-refractivity contribution in [2.45, 2.75) is 25.4 Å². The zero-order valence-electron chi connectivity index (χ0n) is 16.3. The van der Waals surface area contributed by atoms with Gasteiger partial charge < -0.3 is 9.32 Å². The fraction of sp³-hybridized carbons (Fsp3) is 0.261. The lowest BCUT2D eigenvalue weighted by molar-refractivity contribution is -0.133. The first-order valence-electron chi connectivity index (χ1n) is 9.78. The lowest BCUT2D eigenvalue weighted by atomic mass is 10.1. The summed E-state index contributed by atoms with van der Waals surface area (Å²) in [6.07, 6.45) is 0.676. The molecule has 0 N–H and O–H groups in total. The Kier molecular flexibility index (Phi) is 5.97. The fourth-order valence-electron chi connectivity index (χ4n) is 3.71. The van der Waals surface area contributed by atoms with Gasteiger partial charge in [-0.25, -0.2) is 8.42 Å². The van der Waals surface area contributed by atoms with E-state index in [4.69, 9.17) is 16.0 Å². The van der Waals surface area contributed by atoms with E-state index in [1.54, 1.807) is 17.0 Å². The third-order valence-electron chi connectivity index (χ3n) is 5.28. The van der Waals surface area contributed by atoms with Gasteiger partial charge in [0, 0.05) is 16.6 Å². The number of rotatable bonds is 6. The number of sulfone groups is 1. The second-order valence-electron chi connectivity index (χ2n) is 7.51. The van der Waals surface area contributed by atoms with E-state index in [1.807, 2.05) is 54.6 Å². The molecule has 0 spiro atoms. The highest BCUT2D eigenvalue weighted by atomic mass is 35.5. The molecule has 0 unspecified atom stereocenters. The summed E-state index contributed by atoms with van der Waals surface area (Å²) in [5.41, 5.74) is 1.78. The van der Waals surface area contributed by atoms with Crippen molar-refractivity contribution in [3.8, 4) is 11.3 Å². The molecule has 1 aliphatic heterocycles. The first-order chi connectivity index (χ1) is 14.4. The van der Waals surface area contributed by atoms with Gasteiger partial charge in [-0.3, -0.25) is 4.79 Å². The predicted octanol–water partition coefficient (Wildman–Crippen LogP) is 4.36. The summed E-state index contributed by atoms with van der Waals surface area (Å²) in [5, 5.41) is 0.644. The Morgan fingerprint density at radius 1 is 1.03 bits per heavy atom. The zero-order chi connectivity index (χ0) is 21.1. The first kappa shape index (κ1) is 20.7. The fourth-order valence-corrected chi connectivity index (χ4v) is 5.57. The topological polar surface area (TPSA) is 67.6 Å². The molecule has 1 atom stereocenters. The number of carbonyl (C=O) groups excluding carboxylic acids is 1. The third-order valence-corrected chi connectivity index (χ3v) is 7.29. The van der Waals surface area contributed by atoms with Crippen molar-refractivity contribution >= 4 is 27.3 Å². The maximum atomic E-state index is 13.1. The van der Waals surface area contributed by atoms with E-state index in [-0.39, 0.29) is 36.4 Å². The van der Waals surface area contributed by atoms with Gasteiger partial charge in [0.05, 0.1) is 24.5 Å². The van der Waals surface area contributed by atoms with Crippen molar-refractivity contribution in [3.63, 3.8) is 0 Å². The lowest BCUT2D eigenvalue weighted by Gasteiger charge is -2.27. The summed E-state index contributed by atoms with van der Waals surface area (Å²) in [7, 11) is -3.12. The van der Waals surface area contributed by atoms with Crippen LogP contribution in [0.1, 0.15) is 17.7 Å². The molecule has 156 valence electrons. The molecule has 3 aromatic rings. The second-order valence-corrected chi connectivity index (χ2v) is 10.2. The van der Waals surface area contributed by atoms with Crippen LogP contribution >= 0.6 is 11.6 Å². The molecule has 0 aliphatic carbocycles. The maximum absolute atomic E-state index is 13.1. The van der Waals surface area contributed by atoms with Gasteiger partial charge in [-0.15, -0.1) is 0 Å². The minimum atomic E-state index is -3.12. The Morgan fingerprint density at radius 2 is 1.77 bits per heavy atom. The Balaban J connectivity index is 1.55. The SMILES string of the molecule is O=C(Cc1ccccc1)N(Cc1ccc(-c2ccc(Cl)cc2)o1)[C@H]1CCS(=O)(=O)C1. The second kappa shape index (κ2) is 8.66. The molecule has 0 bridgehead atoms. The van der Waals surface area contributed by atoms with Crippen molar-refractivity contribution in [1.82, 2.24) is 4.90 Å². The van der Waals surface area contributed by atoms with Gasteiger partial charge in [-0.1, -0.05) is 41.9 Å². The van der Waals surface area contributed by atoms with Gasteiger partial charge in [0.2, 0.25) is 5.91 Å². The van der Waals surface area contributed by atoms with Crippen LogP contribution in [0.25, 0.3) is 11.3 Å². The van der Waals surface area contributed by atoms with Gasteiger partial charge in [0.15, 0.2) is 9.84 Å². The smallest absolute Gasteiger partial charge is 0.227 e. The van der Waals surface area contributed by atoms with Gasteiger partial charge in [-0.2, -0.15) is 0 Å². The van der Waals surface area contributed by atoms with Gasteiger partial charge in [-0.05, 0) is 48.4 Å². The molecule has 1 amide bonds. The van der Waals surface area contributed by atoms with Crippen LogP contribution in [0, 0.1) is 0 Å². The average molecular weight is 444 g/mol. The Labute approximate surface area is 181 Å². The average Bonchev–Trinajstić information content (AvgIpc) is 3.33. The standard InChI is InChI=1S/C23H22ClNO4S/c24-19-8-6-18(7-9-19)22-11-10-21(29-22)15-25(20-12-13-30(27,28)16-20)23(26)14-17-4-2-1-3-5-17/h1-11,20H,12-16H2/t20-/m0/s1. The first-order valence-corrected chi connectivity index (χ1v) is 12.0. The predicted molar refractivity (Wildman–Crippen MR) is 117 cm³/mol. The number of benzene rings is 2. The van der Waals surface area contributed by atoms with Crippen molar-refractivity contribution in [1.29, 1.82) is 0 Å². The van der Waals surface area contributed by atoms with Crippen LogP contribution in [0.4, 0.5) is 0 Å². The number of hydrogen-bond acceptors (Lipinski definition) is 4. The van der Waals surface area contributed by atoms with Crippen LogP contribution in [0.3, 0.4) is 0 Å². The molecule has 1 fully saturated rings. The van der Waals surface area contributed by atoms with E-state index < -0.39 is 9.84 Å². The highest BCUT2D eigenvalue weighted by molar-refractivity contribution is 7.91. The molecule has 30 heavy (non-hydrogen) atoms. The van der Waals surface area contributed by atoms with Gasteiger partial charge in [0.25, 0.3) is 0 Å². The van der Waals surface area contributed by atoms with Gasteiger partial charge in [0.1, 0.15) is 11.5 Å². The summed E-state index contributed by atoms with van der Waals surface area (Å²) in [6, 6.07) is 20.1.